The van der Waals surface area contributed by atoms with Gasteiger partial charge in [0.1, 0.15) is 11.9 Å². The number of rotatable bonds is 6. The van der Waals surface area contributed by atoms with Crippen molar-refractivity contribution in [1.82, 2.24) is 5.32 Å². The van der Waals surface area contributed by atoms with Gasteiger partial charge in [-0.05, 0) is 24.5 Å². The molecule has 1 unspecified atom stereocenters. The van der Waals surface area contributed by atoms with Gasteiger partial charge in [-0.1, -0.05) is 26.0 Å². The summed E-state index contributed by atoms with van der Waals surface area (Å²) in [6.07, 6.45) is 0.243. The summed E-state index contributed by atoms with van der Waals surface area (Å²) < 4.78 is 13.8. The molecule has 0 bridgehead atoms. The molecule has 0 saturated carbocycles. The largest absolute Gasteiger partial charge is 0.480 e. The molecule has 2 amide bonds. The van der Waals surface area contributed by atoms with Gasteiger partial charge in [0.15, 0.2) is 0 Å². The summed E-state index contributed by atoms with van der Waals surface area (Å²) in [5, 5.41) is 11.7. The van der Waals surface area contributed by atoms with Crippen LogP contribution in [-0.2, 0) is 14.4 Å². The molecule has 0 radical (unpaired) electrons. The Labute approximate surface area is 139 Å². The van der Waals surface area contributed by atoms with Crippen molar-refractivity contribution in [3.63, 3.8) is 0 Å². The van der Waals surface area contributed by atoms with Gasteiger partial charge in [-0.15, -0.1) is 0 Å². The highest BCUT2D eigenvalue weighted by Gasteiger charge is 2.37. The molecule has 1 aromatic rings. The molecular formula is C17H21FN2O4. The molecule has 2 rings (SSSR count). The van der Waals surface area contributed by atoms with Gasteiger partial charge in [0, 0.05) is 13.0 Å². The van der Waals surface area contributed by atoms with E-state index in [4.69, 9.17) is 0 Å². The van der Waals surface area contributed by atoms with Crippen molar-refractivity contribution in [2.24, 2.45) is 11.8 Å². The fraction of sp³-hybridized carbons (Fsp3) is 0.471. The molecule has 0 aromatic heterocycles. The number of aliphatic carboxylic acids is 1. The van der Waals surface area contributed by atoms with Gasteiger partial charge in [-0.2, -0.15) is 0 Å². The van der Waals surface area contributed by atoms with E-state index in [1.165, 1.54) is 23.1 Å². The van der Waals surface area contributed by atoms with Crippen molar-refractivity contribution in [3.8, 4) is 0 Å². The maximum atomic E-state index is 13.8. The number of benzene rings is 1. The Bertz CT molecular complexity index is 647. The average molecular weight is 336 g/mol. The molecule has 2 N–H and O–H groups in total. The van der Waals surface area contributed by atoms with E-state index < -0.39 is 29.7 Å². The molecule has 2 atom stereocenters. The first-order valence-electron chi connectivity index (χ1n) is 7.87. The molecule has 7 heteroatoms. The van der Waals surface area contributed by atoms with E-state index in [0.717, 1.165) is 0 Å². The zero-order valence-electron chi connectivity index (χ0n) is 13.7. The molecule has 0 aliphatic carbocycles. The highest BCUT2D eigenvalue weighted by atomic mass is 19.1. The first kappa shape index (κ1) is 17.9. The lowest BCUT2D eigenvalue weighted by atomic mass is 10.0. The summed E-state index contributed by atoms with van der Waals surface area (Å²) in [7, 11) is 0. The number of carbonyl (C=O) groups excluding carboxylic acids is 2. The van der Waals surface area contributed by atoms with E-state index in [-0.39, 0.29) is 30.5 Å². The zero-order valence-corrected chi connectivity index (χ0v) is 13.7. The monoisotopic (exact) mass is 336 g/mol. The Kier molecular flexibility index (Phi) is 5.54. The first-order valence-corrected chi connectivity index (χ1v) is 7.87. The predicted molar refractivity (Wildman–Crippen MR) is 85.9 cm³/mol. The highest BCUT2D eigenvalue weighted by molar-refractivity contribution is 6.00. The molecule has 1 heterocycles. The molecule has 24 heavy (non-hydrogen) atoms. The number of halogens is 1. The lowest BCUT2D eigenvalue weighted by Gasteiger charge is -2.20. The summed E-state index contributed by atoms with van der Waals surface area (Å²) in [5.41, 5.74) is 0.134. The second-order valence-electron chi connectivity index (χ2n) is 6.39. The molecule has 1 saturated heterocycles. The second kappa shape index (κ2) is 7.42. The average Bonchev–Trinajstić information content (AvgIpc) is 2.88. The van der Waals surface area contributed by atoms with Crippen LogP contribution < -0.4 is 10.2 Å². The maximum Gasteiger partial charge on any atom is 0.326 e. The zero-order chi connectivity index (χ0) is 17.9. The standard InChI is InChI=1S/C17H21FN2O4/c1-10(2)7-13(17(23)24)19-16(22)11-8-15(21)20(9-11)14-6-4-3-5-12(14)18/h3-6,10-11,13H,7-9H2,1-2H3,(H,19,22)(H,23,24)/t11?,13-/m1/s1. The van der Waals surface area contributed by atoms with Crippen LogP contribution in [0.15, 0.2) is 24.3 Å². The molecule has 1 aliphatic heterocycles. The molecule has 130 valence electrons. The highest BCUT2D eigenvalue weighted by Crippen LogP contribution is 2.27. The number of carboxylic acid groups (broad SMARTS) is 1. The van der Waals surface area contributed by atoms with Crippen LogP contribution in [0.2, 0.25) is 0 Å². The molecule has 1 fully saturated rings. The molecule has 6 nitrogen and oxygen atoms in total. The van der Waals surface area contributed by atoms with E-state index in [2.05, 4.69) is 5.32 Å². The van der Waals surface area contributed by atoms with Gasteiger partial charge in [0.25, 0.3) is 0 Å². The van der Waals surface area contributed by atoms with Crippen molar-refractivity contribution < 1.29 is 23.9 Å². The van der Waals surface area contributed by atoms with Crippen LogP contribution in [0.25, 0.3) is 0 Å². The quantitative estimate of drug-likeness (QED) is 0.829. The van der Waals surface area contributed by atoms with Gasteiger partial charge in [0.2, 0.25) is 11.8 Å². The van der Waals surface area contributed by atoms with Crippen molar-refractivity contribution >= 4 is 23.5 Å². The fourth-order valence-electron chi connectivity index (χ4n) is 2.77. The molecule has 1 aliphatic rings. The topological polar surface area (TPSA) is 86.7 Å². The van der Waals surface area contributed by atoms with E-state index in [9.17, 15) is 23.9 Å². The molecule has 1 aromatic carbocycles. The lowest BCUT2D eigenvalue weighted by Crippen LogP contribution is -2.44. The van der Waals surface area contributed by atoms with E-state index in [1.54, 1.807) is 6.07 Å². The van der Waals surface area contributed by atoms with Gasteiger partial charge in [-0.25, -0.2) is 9.18 Å². The summed E-state index contributed by atoms with van der Waals surface area (Å²) >= 11 is 0. The van der Waals surface area contributed by atoms with Crippen molar-refractivity contribution in [2.45, 2.75) is 32.7 Å². The Morgan fingerprint density at radius 1 is 1.38 bits per heavy atom. The summed E-state index contributed by atoms with van der Waals surface area (Å²) in [6.45, 7) is 3.77. The minimum absolute atomic E-state index is 0.0413. The third-order valence-corrected chi connectivity index (χ3v) is 3.96. The Balaban J connectivity index is 2.06. The fourth-order valence-corrected chi connectivity index (χ4v) is 2.77. The van der Waals surface area contributed by atoms with Gasteiger partial charge >= 0.3 is 5.97 Å². The lowest BCUT2D eigenvalue weighted by molar-refractivity contribution is -0.142. The Hall–Kier alpha value is -2.44. The minimum Gasteiger partial charge on any atom is -0.480 e. The van der Waals surface area contributed by atoms with Crippen molar-refractivity contribution in [2.75, 3.05) is 11.4 Å². The van der Waals surface area contributed by atoms with E-state index >= 15 is 0 Å². The SMILES string of the molecule is CC(C)C[C@@H](NC(=O)C1CC(=O)N(c2ccccc2F)C1)C(=O)O. The van der Waals surface area contributed by atoms with Crippen LogP contribution in [0.3, 0.4) is 0 Å². The van der Waals surface area contributed by atoms with Gasteiger partial charge < -0.3 is 15.3 Å². The number of hydrogen-bond acceptors (Lipinski definition) is 3. The van der Waals surface area contributed by atoms with E-state index in [0.29, 0.717) is 6.42 Å². The number of carbonyl (C=O) groups is 3. The maximum absolute atomic E-state index is 13.8. The number of carboxylic acids is 1. The smallest absolute Gasteiger partial charge is 0.326 e. The molecular weight excluding hydrogens is 315 g/mol. The number of para-hydroxylation sites is 1. The normalized spacial score (nSPS) is 18.8. The van der Waals surface area contributed by atoms with E-state index in [1.807, 2.05) is 13.8 Å². The number of nitrogens with one attached hydrogen (secondary N) is 1. The van der Waals surface area contributed by atoms with Crippen LogP contribution in [0, 0.1) is 17.7 Å². The molecule has 0 spiro atoms. The van der Waals surface area contributed by atoms with Crippen molar-refractivity contribution in [3.05, 3.63) is 30.1 Å². The van der Waals surface area contributed by atoms with Crippen molar-refractivity contribution in [1.29, 1.82) is 0 Å². The van der Waals surface area contributed by atoms with Crippen LogP contribution in [0.4, 0.5) is 10.1 Å². The summed E-state index contributed by atoms with van der Waals surface area (Å²) in [4.78, 5) is 36.9. The number of anilines is 1. The van der Waals surface area contributed by atoms with Gasteiger partial charge in [0.05, 0.1) is 11.6 Å². The Morgan fingerprint density at radius 2 is 2.04 bits per heavy atom. The third kappa shape index (κ3) is 4.10. The summed E-state index contributed by atoms with van der Waals surface area (Å²) in [5.74, 6) is -3.06. The Morgan fingerprint density at radius 3 is 2.62 bits per heavy atom. The second-order valence-corrected chi connectivity index (χ2v) is 6.39. The van der Waals surface area contributed by atoms with Crippen LogP contribution in [0.5, 0.6) is 0 Å². The first-order chi connectivity index (χ1) is 11.3. The summed E-state index contributed by atoms with van der Waals surface area (Å²) in [6, 6.07) is 4.87. The minimum atomic E-state index is -1.10. The number of hydrogen-bond donors (Lipinski definition) is 2. The van der Waals surface area contributed by atoms with Crippen LogP contribution in [0.1, 0.15) is 26.7 Å². The third-order valence-electron chi connectivity index (χ3n) is 3.96. The van der Waals surface area contributed by atoms with Crippen LogP contribution in [-0.4, -0.2) is 35.5 Å². The number of nitrogens with zero attached hydrogens (tertiary/aromatic N) is 1. The van der Waals surface area contributed by atoms with Gasteiger partial charge in [-0.3, -0.25) is 9.59 Å². The van der Waals surface area contributed by atoms with Crippen LogP contribution >= 0.6 is 0 Å². The number of amides is 2. The predicted octanol–water partition coefficient (Wildman–Crippen LogP) is 1.79.